The second kappa shape index (κ2) is 15.2. The Balaban J connectivity index is 1.02. The fourth-order valence-electron chi connectivity index (χ4n) is 9.94. The number of aryl methyl sites for hydroxylation is 1. The van der Waals surface area contributed by atoms with Gasteiger partial charge in [0.05, 0.1) is 16.8 Å². The monoisotopic (exact) mass is 812 g/mol. The molecule has 2 aliphatic carbocycles. The molecule has 5 heterocycles. The molecule has 300 valence electrons. The summed E-state index contributed by atoms with van der Waals surface area (Å²) in [7, 11) is 0. The number of fused-ring (bicyclic) bond motifs is 5. The van der Waals surface area contributed by atoms with Crippen LogP contribution in [0.3, 0.4) is 0 Å². The van der Waals surface area contributed by atoms with Gasteiger partial charge in [0.1, 0.15) is 22.8 Å². The Morgan fingerprint density at radius 1 is 0.540 bits per heavy atom. The lowest BCUT2D eigenvalue weighted by molar-refractivity contribution is 0.436. The molecule has 1 aliphatic heterocycles. The molecule has 12 rings (SSSR count). The molecule has 0 amide bonds. The van der Waals surface area contributed by atoms with Gasteiger partial charge in [-0.15, -0.1) is 0 Å². The van der Waals surface area contributed by atoms with Crippen LogP contribution in [-0.4, -0.2) is 19.9 Å². The molecule has 6 heteroatoms. The fraction of sp³-hybridized carbons (Fsp3) is 0.0877. The standard InChI is InChI=1S/C57H40N4O2/c1-2-14-39(15-3-1)56-60-50(38-30-28-37(29-31-38)42-21-10-22-47-45-20-6-8-26-52(45)62-54(42)47)34-51(61-56)44-19-5-4-18-43(44)46-23-11-25-49-55(46)63-53-27-9-7-24-48(53)57(49,40-16-12-32-58-35-40)41-17-13-33-59-36-41/h1-7,9-25,27-28,30,32-36H,8,26,29,31H2. The van der Waals surface area contributed by atoms with Crippen LogP contribution in [0.4, 0.5) is 0 Å². The first-order valence-corrected chi connectivity index (χ1v) is 21.6. The van der Waals surface area contributed by atoms with Crippen molar-refractivity contribution in [1.82, 2.24) is 19.9 Å². The zero-order valence-electron chi connectivity index (χ0n) is 34.4. The van der Waals surface area contributed by atoms with Gasteiger partial charge in [-0.25, -0.2) is 9.97 Å². The minimum Gasteiger partial charge on any atom is -0.460 e. The van der Waals surface area contributed by atoms with Crippen LogP contribution in [0.15, 0.2) is 193 Å². The molecule has 63 heavy (non-hydrogen) atoms. The Bertz CT molecular complexity index is 3270. The molecular formula is C57H40N4O2. The number of hydrogen-bond acceptors (Lipinski definition) is 6. The highest BCUT2D eigenvalue weighted by Crippen LogP contribution is 2.57. The Morgan fingerprint density at radius 2 is 1.22 bits per heavy atom. The van der Waals surface area contributed by atoms with Gasteiger partial charge in [0.15, 0.2) is 5.82 Å². The second-order valence-corrected chi connectivity index (χ2v) is 16.3. The quantitative estimate of drug-likeness (QED) is 0.160. The van der Waals surface area contributed by atoms with Crippen molar-refractivity contribution in [2.75, 3.05) is 0 Å². The first-order valence-electron chi connectivity index (χ1n) is 21.6. The van der Waals surface area contributed by atoms with Gasteiger partial charge in [0.2, 0.25) is 0 Å². The van der Waals surface area contributed by atoms with E-state index in [4.69, 9.17) is 19.1 Å². The number of allylic oxidation sites excluding steroid dienone is 5. The van der Waals surface area contributed by atoms with Crippen molar-refractivity contribution in [2.24, 2.45) is 0 Å². The van der Waals surface area contributed by atoms with Crippen molar-refractivity contribution in [3.63, 3.8) is 0 Å². The maximum atomic E-state index is 7.06. The van der Waals surface area contributed by atoms with Crippen LogP contribution in [-0.2, 0) is 11.8 Å². The topological polar surface area (TPSA) is 73.9 Å². The molecule has 3 aliphatic rings. The predicted octanol–water partition coefficient (Wildman–Crippen LogP) is 13.7. The lowest BCUT2D eigenvalue weighted by Gasteiger charge is -2.41. The first-order chi connectivity index (χ1) is 31.2. The van der Waals surface area contributed by atoms with Crippen LogP contribution in [0.1, 0.15) is 64.1 Å². The van der Waals surface area contributed by atoms with E-state index in [9.17, 15) is 0 Å². The second-order valence-electron chi connectivity index (χ2n) is 16.3. The molecule has 9 aromatic rings. The summed E-state index contributed by atoms with van der Waals surface area (Å²) in [5.41, 5.74) is 14.8. The van der Waals surface area contributed by atoms with Crippen molar-refractivity contribution in [1.29, 1.82) is 0 Å². The van der Waals surface area contributed by atoms with Crippen molar-refractivity contribution in [3.8, 4) is 45.3 Å². The third kappa shape index (κ3) is 6.09. The van der Waals surface area contributed by atoms with Crippen LogP contribution < -0.4 is 4.74 Å². The molecule has 4 aromatic heterocycles. The summed E-state index contributed by atoms with van der Waals surface area (Å²) in [6.07, 6.45) is 20.2. The number of ether oxygens (including phenoxy) is 1. The smallest absolute Gasteiger partial charge is 0.160 e. The maximum absolute atomic E-state index is 7.06. The summed E-state index contributed by atoms with van der Waals surface area (Å²) in [6.45, 7) is 0. The van der Waals surface area contributed by atoms with Crippen LogP contribution in [0.2, 0.25) is 0 Å². The Hall–Kier alpha value is -7.96. The van der Waals surface area contributed by atoms with E-state index < -0.39 is 5.41 Å². The number of hydrogen-bond donors (Lipinski definition) is 0. The number of pyridine rings is 2. The van der Waals surface area contributed by atoms with Gasteiger partial charge in [-0.1, -0.05) is 146 Å². The van der Waals surface area contributed by atoms with Gasteiger partial charge in [-0.05, 0) is 71.4 Å². The number of rotatable bonds is 7. The van der Waals surface area contributed by atoms with E-state index in [0.29, 0.717) is 5.82 Å². The van der Waals surface area contributed by atoms with Gasteiger partial charge in [-0.2, -0.15) is 0 Å². The number of nitrogens with zero attached hydrogens (tertiary/aromatic N) is 4. The van der Waals surface area contributed by atoms with Crippen LogP contribution in [0.5, 0.6) is 11.5 Å². The van der Waals surface area contributed by atoms with Gasteiger partial charge in [-0.3, -0.25) is 9.97 Å². The van der Waals surface area contributed by atoms with Gasteiger partial charge in [0, 0.05) is 75.5 Å². The summed E-state index contributed by atoms with van der Waals surface area (Å²) in [4.78, 5) is 19.9. The molecule has 0 unspecified atom stereocenters. The molecule has 0 radical (unpaired) electrons. The van der Waals surface area contributed by atoms with Crippen molar-refractivity contribution in [2.45, 2.75) is 31.1 Å². The zero-order chi connectivity index (χ0) is 41.7. The lowest BCUT2D eigenvalue weighted by Crippen LogP contribution is -2.34. The zero-order valence-corrected chi connectivity index (χ0v) is 34.4. The molecule has 0 spiro atoms. The highest BCUT2D eigenvalue weighted by atomic mass is 16.5. The number of benzene rings is 5. The van der Waals surface area contributed by atoms with Gasteiger partial charge >= 0.3 is 0 Å². The maximum Gasteiger partial charge on any atom is 0.160 e. The fourth-order valence-corrected chi connectivity index (χ4v) is 9.94. The van der Waals surface area contributed by atoms with E-state index in [2.05, 4.69) is 143 Å². The average Bonchev–Trinajstić information content (AvgIpc) is 3.75. The summed E-state index contributed by atoms with van der Waals surface area (Å²) < 4.78 is 13.6. The van der Waals surface area contributed by atoms with Crippen molar-refractivity contribution >= 4 is 28.2 Å². The molecule has 0 N–H and O–H groups in total. The Labute approximate surface area is 365 Å². The number of furan rings is 1. The molecule has 0 saturated carbocycles. The lowest BCUT2D eigenvalue weighted by atomic mass is 9.64. The van der Waals surface area contributed by atoms with Crippen LogP contribution in [0.25, 0.3) is 62.0 Å². The van der Waals surface area contributed by atoms with Gasteiger partial charge in [0.25, 0.3) is 0 Å². The van der Waals surface area contributed by atoms with E-state index in [1.807, 2.05) is 61.2 Å². The Kier molecular flexibility index (Phi) is 8.89. The molecular weight excluding hydrogens is 773 g/mol. The van der Waals surface area contributed by atoms with E-state index in [1.54, 1.807) is 0 Å². The first kappa shape index (κ1) is 36.9. The van der Waals surface area contributed by atoms with Crippen molar-refractivity contribution in [3.05, 3.63) is 233 Å². The molecule has 0 atom stereocenters. The van der Waals surface area contributed by atoms with E-state index in [0.717, 1.165) is 104 Å². The minimum absolute atomic E-state index is 0.681. The highest BCUT2D eigenvalue weighted by Gasteiger charge is 2.46. The molecule has 0 bridgehead atoms. The van der Waals surface area contributed by atoms with E-state index >= 15 is 0 Å². The van der Waals surface area contributed by atoms with Crippen LogP contribution >= 0.6 is 0 Å². The van der Waals surface area contributed by atoms with E-state index in [1.165, 1.54) is 27.7 Å². The predicted molar refractivity (Wildman–Crippen MR) is 251 cm³/mol. The third-order valence-electron chi connectivity index (χ3n) is 12.8. The summed E-state index contributed by atoms with van der Waals surface area (Å²) >= 11 is 0. The summed E-state index contributed by atoms with van der Waals surface area (Å²) in [5, 5.41) is 1.19. The van der Waals surface area contributed by atoms with Gasteiger partial charge < -0.3 is 9.15 Å². The third-order valence-corrected chi connectivity index (χ3v) is 12.8. The van der Waals surface area contributed by atoms with E-state index in [-0.39, 0.29) is 0 Å². The number of para-hydroxylation sites is 3. The SMILES string of the molecule is C1=Cc2c(oc3c(C4=CC=C(c5cc(-c6ccccc6-c6cccc7c6Oc6ccccc6C7(c6cccnc6)c6cccnc6)nc(-c6ccccc6)n5)CC4)cccc23)CC1. The van der Waals surface area contributed by atoms with Crippen LogP contribution in [0, 0.1) is 0 Å². The largest absolute Gasteiger partial charge is 0.460 e. The molecule has 5 aromatic carbocycles. The average molecular weight is 813 g/mol. The molecule has 0 fully saturated rings. The van der Waals surface area contributed by atoms with Crippen molar-refractivity contribution < 1.29 is 9.15 Å². The summed E-state index contributed by atoms with van der Waals surface area (Å²) in [5.74, 6) is 3.34. The Morgan fingerprint density at radius 3 is 2.02 bits per heavy atom. The number of aromatic nitrogens is 4. The normalized spacial score (nSPS) is 14.8. The highest BCUT2D eigenvalue weighted by molar-refractivity contribution is 5.97. The summed E-state index contributed by atoms with van der Waals surface area (Å²) in [6, 6.07) is 50.6. The molecule has 6 nitrogen and oxygen atoms in total. The molecule has 0 saturated heterocycles. The minimum atomic E-state index is -0.751.